The van der Waals surface area contributed by atoms with Gasteiger partial charge in [0, 0.05) is 0 Å². The maximum absolute atomic E-state index is 2.71. The lowest BCUT2D eigenvalue weighted by molar-refractivity contribution is -0.0193. The van der Waals surface area contributed by atoms with E-state index in [9.17, 15) is 0 Å². The van der Waals surface area contributed by atoms with Crippen LogP contribution < -0.4 is 0 Å². The minimum Gasteiger partial charge on any atom is -0.0622 e. The van der Waals surface area contributed by atoms with Gasteiger partial charge in [0.25, 0.3) is 0 Å². The molecular weight excluding hydrogens is 240 g/mol. The number of rotatable bonds is 0. The van der Waals surface area contributed by atoms with Crippen molar-refractivity contribution in [1.29, 1.82) is 0 Å². The van der Waals surface area contributed by atoms with Crippen molar-refractivity contribution in [3.05, 3.63) is 0 Å². The quantitative estimate of drug-likeness (QED) is 0.515. The Labute approximate surface area is 126 Å². The molecule has 0 radical (unpaired) electrons. The molecule has 0 nitrogen and oxygen atoms in total. The minimum absolute atomic E-state index is 0.583. The zero-order valence-electron chi connectivity index (χ0n) is 14.3. The Hall–Kier alpha value is 0. The van der Waals surface area contributed by atoms with Crippen molar-refractivity contribution >= 4 is 0 Å². The van der Waals surface area contributed by atoms with Gasteiger partial charge in [-0.2, -0.15) is 0 Å². The Morgan fingerprint density at radius 3 is 2.40 bits per heavy atom. The van der Waals surface area contributed by atoms with E-state index in [4.69, 9.17) is 0 Å². The summed E-state index contributed by atoms with van der Waals surface area (Å²) in [5.74, 6) is 5.09. The highest BCUT2D eigenvalue weighted by Gasteiger charge is 2.70. The molecular formula is C20H34. The van der Waals surface area contributed by atoms with Gasteiger partial charge in [-0.25, -0.2) is 0 Å². The molecule has 0 saturated heterocycles. The monoisotopic (exact) mass is 274 g/mol. The summed E-state index contributed by atoms with van der Waals surface area (Å²) in [6, 6.07) is 0. The van der Waals surface area contributed by atoms with Crippen LogP contribution in [-0.2, 0) is 0 Å². The highest BCUT2D eigenvalue weighted by molar-refractivity contribution is 5.18. The minimum atomic E-state index is 0.583. The van der Waals surface area contributed by atoms with Crippen molar-refractivity contribution in [3.8, 4) is 0 Å². The fraction of sp³-hybridized carbons (Fsp3) is 1.00. The first-order chi connectivity index (χ1) is 9.31. The van der Waals surface area contributed by atoms with Crippen LogP contribution in [0.5, 0.6) is 0 Å². The van der Waals surface area contributed by atoms with Gasteiger partial charge in [0.2, 0.25) is 0 Å². The molecule has 7 atom stereocenters. The highest BCUT2D eigenvalue weighted by atomic mass is 14.7. The molecule has 4 saturated carbocycles. The number of fused-ring (bicyclic) bond motifs is 3. The largest absolute Gasteiger partial charge is 0.0622 e. The van der Waals surface area contributed by atoms with E-state index >= 15 is 0 Å². The van der Waals surface area contributed by atoms with Crippen LogP contribution in [0.15, 0.2) is 0 Å². The lowest BCUT2D eigenvalue weighted by atomic mass is 9.54. The predicted molar refractivity (Wildman–Crippen MR) is 85.4 cm³/mol. The summed E-state index contributed by atoms with van der Waals surface area (Å²) >= 11 is 0. The van der Waals surface area contributed by atoms with Crippen LogP contribution >= 0.6 is 0 Å². The van der Waals surface area contributed by atoms with Crippen molar-refractivity contribution in [2.75, 3.05) is 0 Å². The van der Waals surface area contributed by atoms with Crippen LogP contribution in [0.1, 0.15) is 79.6 Å². The van der Waals surface area contributed by atoms with E-state index in [2.05, 4.69) is 34.6 Å². The van der Waals surface area contributed by atoms with E-state index in [0.29, 0.717) is 10.8 Å². The average Bonchev–Trinajstić information content (AvgIpc) is 2.71. The molecule has 0 amide bonds. The molecule has 1 spiro atoms. The van der Waals surface area contributed by atoms with Crippen molar-refractivity contribution in [1.82, 2.24) is 0 Å². The number of hydrogen-bond donors (Lipinski definition) is 0. The van der Waals surface area contributed by atoms with Crippen molar-refractivity contribution in [2.45, 2.75) is 79.6 Å². The third-order valence-corrected chi connectivity index (χ3v) is 8.96. The average molecular weight is 274 g/mol. The van der Waals surface area contributed by atoms with Gasteiger partial charge >= 0.3 is 0 Å². The number of hydrogen-bond acceptors (Lipinski definition) is 0. The Morgan fingerprint density at radius 2 is 1.65 bits per heavy atom. The Bertz CT molecular complexity index is 418. The molecule has 20 heavy (non-hydrogen) atoms. The molecule has 4 rings (SSSR count). The van der Waals surface area contributed by atoms with Gasteiger partial charge in [0.05, 0.1) is 0 Å². The van der Waals surface area contributed by atoms with Crippen LogP contribution in [-0.4, -0.2) is 0 Å². The lowest BCUT2D eigenvalue weighted by Gasteiger charge is -2.51. The van der Waals surface area contributed by atoms with E-state index < -0.39 is 0 Å². The fourth-order valence-electron chi connectivity index (χ4n) is 8.65. The summed E-state index contributed by atoms with van der Waals surface area (Å²) in [6.07, 6.45) is 10.7. The SMILES string of the molecule is CC1C[C@]23C[C@H]1CC[C@H]2[C@]1(C)CCCC(C)(C)[C@H]1[C@@H]3C. The van der Waals surface area contributed by atoms with Gasteiger partial charge < -0.3 is 0 Å². The zero-order valence-corrected chi connectivity index (χ0v) is 14.3. The van der Waals surface area contributed by atoms with Crippen molar-refractivity contribution in [2.24, 2.45) is 45.8 Å². The lowest BCUT2D eigenvalue weighted by Crippen LogP contribution is -2.43. The summed E-state index contributed by atoms with van der Waals surface area (Å²) in [6.45, 7) is 13.1. The summed E-state index contributed by atoms with van der Waals surface area (Å²) < 4.78 is 0. The van der Waals surface area contributed by atoms with Crippen LogP contribution in [0.3, 0.4) is 0 Å². The van der Waals surface area contributed by atoms with Gasteiger partial charge in [-0.1, -0.05) is 41.0 Å². The van der Waals surface area contributed by atoms with E-state index in [1.807, 2.05) is 0 Å². The summed E-state index contributed by atoms with van der Waals surface area (Å²) in [5.41, 5.74) is 1.99. The molecule has 2 bridgehead atoms. The van der Waals surface area contributed by atoms with Gasteiger partial charge in [-0.05, 0) is 84.4 Å². The topological polar surface area (TPSA) is 0 Å². The molecule has 114 valence electrons. The first-order valence-electron chi connectivity index (χ1n) is 9.31. The van der Waals surface area contributed by atoms with E-state index in [1.54, 1.807) is 25.7 Å². The second kappa shape index (κ2) is 3.85. The third-order valence-electron chi connectivity index (χ3n) is 8.96. The Kier molecular flexibility index (Phi) is 2.63. The van der Waals surface area contributed by atoms with Crippen molar-refractivity contribution < 1.29 is 0 Å². The zero-order chi connectivity index (χ0) is 14.3. The molecule has 0 aromatic carbocycles. The molecule has 0 aromatic rings. The molecule has 4 aliphatic rings. The normalized spacial score (nSPS) is 60.1. The summed E-state index contributed by atoms with van der Waals surface area (Å²) in [5, 5.41) is 0. The molecule has 1 unspecified atom stereocenters. The molecule has 4 aliphatic carbocycles. The fourth-order valence-corrected chi connectivity index (χ4v) is 8.65. The van der Waals surface area contributed by atoms with Crippen LogP contribution in [0.4, 0.5) is 0 Å². The standard InChI is InChI=1S/C20H34/c1-13-11-20-12-15(13)7-8-16(20)19(5)10-6-9-18(3,4)17(19)14(20)2/h13-17H,6-12H2,1-5H3/t13?,14-,15+,16-,17+,19-,20+/m0/s1. The molecule has 0 aliphatic heterocycles. The van der Waals surface area contributed by atoms with Gasteiger partial charge in [0.1, 0.15) is 0 Å². The predicted octanol–water partition coefficient (Wildman–Crippen LogP) is 5.91. The van der Waals surface area contributed by atoms with E-state index in [-0.39, 0.29) is 0 Å². The smallest absolute Gasteiger partial charge is 0.0230 e. The van der Waals surface area contributed by atoms with Crippen LogP contribution in [0.2, 0.25) is 0 Å². The Balaban J connectivity index is 1.83. The second-order valence-corrected chi connectivity index (χ2v) is 10.1. The van der Waals surface area contributed by atoms with Gasteiger partial charge in [-0.3, -0.25) is 0 Å². The van der Waals surface area contributed by atoms with Gasteiger partial charge in [0.15, 0.2) is 0 Å². The van der Waals surface area contributed by atoms with E-state index in [0.717, 1.165) is 35.0 Å². The van der Waals surface area contributed by atoms with Crippen LogP contribution in [0, 0.1) is 45.8 Å². The van der Waals surface area contributed by atoms with Crippen molar-refractivity contribution in [3.63, 3.8) is 0 Å². The highest BCUT2D eigenvalue weighted by Crippen LogP contribution is 2.77. The first kappa shape index (κ1) is 13.6. The molecule has 0 heterocycles. The van der Waals surface area contributed by atoms with Crippen LogP contribution in [0.25, 0.3) is 0 Å². The first-order valence-corrected chi connectivity index (χ1v) is 9.31. The maximum Gasteiger partial charge on any atom is -0.0230 e. The molecule has 0 N–H and O–H groups in total. The summed E-state index contributed by atoms with van der Waals surface area (Å²) in [4.78, 5) is 0. The Morgan fingerprint density at radius 1 is 0.900 bits per heavy atom. The van der Waals surface area contributed by atoms with Gasteiger partial charge in [-0.15, -0.1) is 0 Å². The van der Waals surface area contributed by atoms with E-state index in [1.165, 1.54) is 19.3 Å². The summed E-state index contributed by atoms with van der Waals surface area (Å²) in [7, 11) is 0. The molecule has 0 aromatic heterocycles. The maximum atomic E-state index is 2.71. The molecule has 4 fully saturated rings. The molecule has 0 heteroatoms. The third kappa shape index (κ3) is 1.40. The second-order valence-electron chi connectivity index (χ2n) is 10.1.